The van der Waals surface area contributed by atoms with E-state index in [-0.39, 0.29) is 0 Å². The Kier molecular flexibility index (Phi) is 10.9. The van der Waals surface area contributed by atoms with Crippen molar-refractivity contribution in [2.24, 2.45) is 0 Å². The lowest BCUT2D eigenvalue weighted by molar-refractivity contribution is 0.414. The van der Waals surface area contributed by atoms with Crippen LogP contribution in [0.5, 0.6) is 11.5 Å². The average molecular weight is 733 g/mol. The Morgan fingerprint density at radius 1 is 0.446 bits per heavy atom. The minimum Gasteiger partial charge on any atom is -0.497 e. The molecule has 0 saturated heterocycles. The number of rotatable bonds is 4. The van der Waals surface area contributed by atoms with Crippen LogP contribution in [0.2, 0.25) is 0 Å². The highest BCUT2D eigenvalue weighted by molar-refractivity contribution is 5.97. The van der Waals surface area contributed by atoms with Crippen molar-refractivity contribution in [3.05, 3.63) is 200 Å². The van der Waals surface area contributed by atoms with Crippen LogP contribution in [0.3, 0.4) is 0 Å². The van der Waals surface area contributed by atoms with Gasteiger partial charge in [0.15, 0.2) is 0 Å². The second kappa shape index (κ2) is 16.6. The van der Waals surface area contributed by atoms with Crippen LogP contribution in [0.1, 0.15) is 33.4 Å². The highest BCUT2D eigenvalue weighted by Gasteiger charge is 2.16. The lowest BCUT2D eigenvalue weighted by atomic mass is 9.96. The summed E-state index contributed by atoms with van der Waals surface area (Å²) in [4.78, 5) is 25.5. The first-order valence-electron chi connectivity index (χ1n) is 17.9. The van der Waals surface area contributed by atoms with E-state index in [1.54, 1.807) is 14.2 Å². The Bertz CT molecular complexity index is 2710. The molecule has 0 aliphatic rings. The minimum absolute atomic E-state index is 0.360. The number of fused-ring (bicyclic) bond motifs is 2. The van der Waals surface area contributed by atoms with Gasteiger partial charge in [0.05, 0.1) is 14.2 Å². The molecule has 56 heavy (non-hydrogen) atoms. The second-order valence-electron chi connectivity index (χ2n) is 13.0. The van der Waals surface area contributed by atoms with Gasteiger partial charge in [0.1, 0.15) is 33.8 Å². The van der Waals surface area contributed by atoms with E-state index < -0.39 is 11.3 Å². The lowest BCUT2D eigenvalue weighted by Crippen LogP contribution is -2.07. The molecule has 8 rings (SSSR count). The standard InChI is InChI=1S/2C25H18O3/c2*1-17-8-14-21-23(16-17)28-25(26)22(24(21)19-6-4-3-5-7-19)15-11-18-9-12-20(27-2)13-10-18/h2*3-10,12-14,16H,1-2H3. The smallest absolute Gasteiger partial charge is 0.352 e. The summed E-state index contributed by atoms with van der Waals surface area (Å²) < 4.78 is 21.5. The molecule has 272 valence electrons. The fourth-order valence-corrected chi connectivity index (χ4v) is 6.27. The molecule has 2 heterocycles. The molecule has 8 aromatic rings. The van der Waals surface area contributed by atoms with Crippen molar-refractivity contribution in [2.75, 3.05) is 14.2 Å². The van der Waals surface area contributed by atoms with Gasteiger partial charge < -0.3 is 18.3 Å². The summed E-state index contributed by atoms with van der Waals surface area (Å²) in [6, 6.07) is 46.2. The molecule has 0 fully saturated rings. The Morgan fingerprint density at radius 2 is 0.821 bits per heavy atom. The number of hydrogen-bond acceptors (Lipinski definition) is 6. The number of methoxy groups -OCH3 is 2. The zero-order valence-electron chi connectivity index (χ0n) is 31.3. The highest BCUT2D eigenvalue weighted by Crippen LogP contribution is 2.32. The molecule has 0 saturated carbocycles. The van der Waals surface area contributed by atoms with Crippen molar-refractivity contribution in [2.45, 2.75) is 13.8 Å². The zero-order chi connectivity index (χ0) is 39.0. The van der Waals surface area contributed by atoms with Crippen LogP contribution in [-0.2, 0) is 0 Å². The van der Waals surface area contributed by atoms with E-state index in [0.717, 1.165) is 66.8 Å². The molecule has 6 heteroatoms. The van der Waals surface area contributed by atoms with Crippen LogP contribution < -0.4 is 20.7 Å². The van der Waals surface area contributed by atoms with Crippen LogP contribution in [-0.4, -0.2) is 14.2 Å². The third kappa shape index (κ3) is 8.16. The summed E-state index contributed by atoms with van der Waals surface area (Å²) in [5.41, 5.74) is 8.11. The van der Waals surface area contributed by atoms with Gasteiger partial charge in [-0.2, -0.15) is 0 Å². The van der Waals surface area contributed by atoms with E-state index >= 15 is 0 Å². The first kappa shape index (κ1) is 36.8. The molecule has 6 aromatic carbocycles. The molecule has 0 unspecified atom stereocenters. The van der Waals surface area contributed by atoms with Gasteiger partial charge in [0, 0.05) is 33.0 Å². The minimum atomic E-state index is -0.432. The van der Waals surface area contributed by atoms with Gasteiger partial charge in [-0.25, -0.2) is 9.59 Å². The van der Waals surface area contributed by atoms with E-state index in [4.69, 9.17) is 18.3 Å². The van der Waals surface area contributed by atoms with Gasteiger partial charge >= 0.3 is 11.3 Å². The number of ether oxygens (including phenoxy) is 2. The van der Waals surface area contributed by atoms with E-state index in [1.165, 1.54) is 0 Å². The van der Waals surface area contributed by atoms with E-state index in [1.807, 2.05) is 159 Å². The van der Waals surface area contributed by atoms with Crippen molar-refractivity contribution < 1.29 is 18.3 Å². The molecule has 0 amide bonds. The Balaban J connectivity index is 0.000000172. The normalized spacial score (nSPS) is 10.4. The fourth-order valence-electron chi connectivity index (χ4n) is 6.27. The summed E-state index contributed by atoms with van der Waals surface area (Å²) >= 11 is 0. The molecule has 0 aliphatic carbocycles. The van der Waals surface area contributed by atoms with Crippen molar-refractivity contribution in [3.8, 4) is 57.4 Å². The molecule has 0 atom stereocenters. The highest BCUT2D eigenvalue weighted by atomic mass is 16.5. The molecule has 0 radical (unpaired) electrons. The summed E-state index contributed by atoms with van der Waals surface area (Å²) in [5.74, 6) is 13.8. The van der Waals surface area contributed by atoms with Crippen LogP contribution >= 0.6 is 0 Å². The van der Waals surface area contributed by atoms with E-state index in [0.29, 0.717) is 22.3 Å². The fraction of sp³-hybridized carbons (Fsp3) is 0.0800. The Morgan fingerprint density at radius 3 is 1.18 bits per heavy atom. The van der Waals surface area contributed by atoms with Crippen LogP contribution in [0, 0.1) is 37.5 Å². The van der Waals surface area contributed by atoms with Crippen molar-refractivity contribution in [1.29, 1.82) is 0 Å². The zero-order valence-corrected chi connectivity index (χ0v) is 31.3. The maximum absolute atomic E-state index is 12.8. The van der Waals surface area contributed by atoms with Crippen LogP contribution in [0.15, 0.2) is 164 Å². The van der Waals surface area contributed by atoms with Gasteiger partial charge in [-0.3, -0.25) is 0 Å². The lowest BCUT2D eigenvalue weighted by Gasteiger charge is -2.09. The Hall–Kier alpha value is -7.54. The number of hydrogen-bond donors (Lipinski definition) is 0. The third-order valence-corrected chi connectivity index (χ3v) is 9.10. The third-order valence-electron chi connectivity index (χ3n) is 9.10. The first-order valence-corrected chi connectivity index (χ1v) is 17.9. The van der Waals surface area contributed by atoms with Gasteiger partial charge in [-0.15, -0.1) is 0 Å². The molecule has 2 aromatic heterocycles. The quantitative estimate of drug-likeness (QED) is 0.132. The van der Waals surface area contributed by atoms with Crippen LogP contribution in [0.4, 0.5) is 0 Å². The van der Waals surface area contributed by atoms with Crippen molar-refractivity contribution in [1.82, 2.24) is 0 Å². The maximum Gasteiger partial charge on any atom is 0.352 e. The summed E-state index contributed by atoms with van der Waals surface area (Å²) in [7, 11) is 3.24. The van der Waals surface area contributed by atoms with Crippen molar-refractivity contribution in [3.63, 3.8) is 0 Å². The first-order chi connectivity index (χ1) is 27.3. The van der Waals surface area contributed by atoms with E-state index in [2.05, 4.69) is 23.7 Å². The molecule has 6 nitrogen and oxygen atoms in total. The summed E-state index contributed by atoms with van der Waals surface area (Å²) in [6.45, 7) is 3.94. The monoisotopic (exact) mass is 732 g/mol. The predicted octanol–water partition coefficient (Wildman–Crippen LogP) is 10.4. The molecular formula is C50H36O6. The predicted molar refractivity (Wildman–Crippen MR) is 223 cm³/mol. The molecular weight excluding hydrogens is 697 g/mol. The van der Waals surface area contributed by atoms with Crippen molar-refractivity contribution >= 4 is 21.9 Å². The van der Waals surface area contributed by atoms with E-state index in [9.17, 15) is 9.59 Å². The van der Waals surface area contributed by atoms with Gasteiger partial charge in [0.2, 0.25) is 0 Å². The summed E-state index contributed by atoms with van der Waals surface area (Å²) in [6.07, 6.45) is 0. The number of aryl methyl sites for hydroxylation is 2. The molecule has 0 bridgehead atoms. The Labute approximate surface area is 324 Å². The topological polar surface area (TPSA) is 78.9 Å². The summed E-state index contributed by atoms with van der Waals surface area (Å²) in [5, 5.41) is 1.74. The number of benzene rings is 6. The van der Waals surface area contributed by atoms with Gasteiger partial charge in [-0.05, 0) is 96.8 Å². The maximum atomic E-state index is 12.8. The molecule has 0 N–H and O–H groups in total. The second-order valence-corrected chi connectivity index (χ2v) is 13.0. The van der Waals surface area contributed by atoms with Gasteiger partial charge in [0.25, 0.3) is 0 Å². The largest absolute Gasteiger partial charge is 0.497 e. The average Bonchev–Trinajstić information content (AvgIpc) is 3.23. The SMILES string of the molecule is COc1ccc(C#Cc2c(-c3ccccc3)c3ccc(C)cc3oc2=O)cc1.COc1ccc(C#Cc2c(-c3ccccc3)c3ccc(C)cc3oc2=O)cc1. The molecule has 0 aliphatic heterocycles. The van der Waals surface area contributed by atoms with Crippen LogP contribution in [0.25, 0.3) is 44.2 Å². The molecule has 0 spiro atoms. The van der Waals surface area contributed by atoms with Gasteiger partial charge in [-0.1, -0.05) is 109 Å².